The van der Waals surface area contributed by atoms with E-state index in [2.05, 4.69) is 0 Å². The van der Waals surface area contributed by atoms with E-state index in [9.17, 15) is 10.1 Å². The van der Waals surface area contributed by atoms with Gasteiger partial charge in [0.05, 0.1) is 11.0 Å². The van der Waals surface area contributed by atoms with Crippen molar-refractivity contribution in [3.8, 4) is 5.75 Å². The third-order valence-electron chi connectivity index (χ3n) is 2.04. The molecule has 0 radical (unpaired) electrons. The fraction of sp³-hybridized carbons (Fsp3) is 0.500. The predicted molar refractivity (Wildman–Crippen MR) is 74.9 cm³/mol. The zero-order chi connectivity index (χ0) is 13.5. The maximum atomic E-state index is 10.9. The first-order chi connectivity index (χ1) is 8.54. The fourth-order valence-corrected chi connectivity index (χ4v) is 2.50. The lowest BCUT2D eigenvalue weighted by molar-refractivity contribution is -0.386. The number of ether oxygens (including phenoxy) is 1. The van der Waals surface area contributed by atoms with Crippen molar-refractivity contribution in [1.82, 2.24) is 0 Å². The third kappa shape index (κ3) is 4.74. The van der Waals surface area contributed by atoms with Gasteiger partial charge in [0.2, 0.25) is 0 Å². The third-order valence-corrected chi connectivity index (χ3v) is 3.38. The lowest BCUT2D eigenvalue weighted by Crippen LogP contribution is -2.07. The number of rotatable bonds is 7. The molecule has 6 heteroatoms. The van der Waals surface area contributed by atoms with Crippen LogP contribution in [0.4, 0.5) is 5.69 Å². The van der Waals surface area contributed by atoms with Crippen molar-refractivity contribution in [3.63, 3.8) is 0 Å². The van der Waals surface area contributed by atoms with Crippen molar-refractivity contribution >= 4 is 29.1 Å². The number of nitro benzene ring substituents is 1. The Morgan fingerprint density at radius 3 is 2.78 bits per heavy atom. The fourth-order valence-electron chi connectivity index (χ4n) is 1.33. The summed E-state index contributed by atoms with van der Waals surface area (Å²) in [7, 11) is 0. The van der Waals surface area contributed by atoms with Gasteiger partial charge in [-0.25, -0.2) is 0 Å². The molecule has 18 heavy (non-hydrogen) atoms. The molecule has 100 valence electrons. The second-order valence-corrected chi connectivity index (χ2v) is 5.49. The average Bonchev–Trinajstić information content (AvgIpc) is 2.28. The number of halogens is 1. The summed E-state index contributed by atoms with van der Waals surface area (Å²) in [6.07, 6.45) is 0.815. The van der Waals surface area contributed by atoms with E-state index in [0.29, 0.717) is 11.6 Å². The molecule has 1 aromatic carbocycles. The quantitative estimate of drug-likeness (QED) is 0.249. The van der Waals surface area contributed by atoms with Gasteiger partial charge in [0, 0.05) is 22.9 Å². The van der Waals surface area contributed by atoms with E-state index in [0.717, 1.165) is 17.1 Å². The van der Waals surface area contributed by atoms with Crippen LogP contribution >= 0.6 is 23.4 Å². The second-order valence-electron chi connectivity index (χ2n) is 3.94. The highest BCUT2D eigenvalue weighted by Gasteiger charge is 2.16. The van der Waals surface area contributed by atoms with Gasteiger partial charge in [0.1, 0.15) is 0 Å². The molecule has 0 aliphatic rings. The summed E-state index contributed by atoms with van der Waals surface area (Å²) < 4.78 is 5.47. The standard InChI is InChI=1S/C12H16ClNO3S/c1-9(2)17-12-8-10(18-7-3-6-13)4-5-11(12)14(15)16/h4-5,8-9H,3,6-7H2,1-2H3. The summed E-state index contributed by atoms with van der Waals surface area (Å²) in [4.78, 5) is 11.4. The first kappa shape index (κ1) is 15.1. The second kappa shape index (κ2) is 7.48. The van der Waals surface area contributed by atoms with Gasteiger partial charge < -0.3 is 4.74 Å². The molecule has 0 N–H and O–H groups in total. The molecule has 0 spiro atoms. The van der Waals surface area contributed by atoms with E-state index >= 15 is 0 Å². The monoisotopic (exact) mass is 289 g/mol. The zero-order valence-corrected chi connectivity index (χ0v) is 12.0. The van der Waals surface area contributed by atoms with Gasteiger partial charge in [-0.1, -0.05) is 0 Å². The molecule has 4 nitrogen and oxygen atoms in total. The van der Waals surface area contributed by atoms with E-state index in [1.807, 2.05) is 13.8 Å². The summed E-state index contributed by atoms with van der Waals surface area (Å²) in [6, 6.07) is 4.95. The molecule has 1 rings (SSSR count). The highest BCUT2D eigenvalue weighted by Crippen LogP contribution is 2.32. The highest BCUT2D eigenvalue weighted by atomic mass is 35.5. The van der Waals surface area contributed by atoms with Crippen LogP contribution in [0.5, 0.6) is 5.75 Å². The molecule has 0 aliphatic heterocycles. The SMILES string of the molecule is CC(C)Oc1cc(SCCCCl)ccc1[N+](=O)[O-]. The van der Waals surface area contributed by atoms with Crippen LogP contribution in [0.15, 0.2) is 23.1 Å². The maximum Gasteiger partial charge on any atom is 0.311 e. The number of hydrogen-bond acceptors (Lipinski definition) is 4. The van der Waals surface area contributed by atoms with Gasteiger partial charge in [0.25, 0.3) is 0 Å². The molecule has 0 saturated carbocycles. The van der Waals surface area contributed by atoms with Crippen LogP contribution in [0.2, 0.25) is 0 Å². The molecule has 0 heterocycles. The molecule has 0 aliphatic carbocycles. The molecule has 0 amide bonds. The minimum Gasteiger partial charge on any atom is -0.484 e. The summed E-state index contributed by atoms with van der Waals surface area (Å²) in [6.45, 7) is 3.69. The number of benzene rings is 1. The van der Waals surface area contributed by atoms with Crippen LogP contribution in [-0.2, 0) is 0 Å². The van der Waals surface area contributed by atoms with Gasteiger partial charge in [-0.15, -0.1) is 23.4 Å². The molecule has 0 unspecified atom stereocenters. The van der Waals surface area contributed by atoms with Crippen LogP contribution in [0, 0.1) is 10.1 Å². The molecule has 0 saturated heterocycles. The minimum absolute atomic E-state index is 0.00499. The Balaban J connectivity index is 2.87. The van der Waals surface area contributed by atoms with Gasteiger partial charge >= 0.3 is 5.69 Å². The lowest BCUT2D eigenvalue weighted by Gasteiger charge is -2.11. The van der Waals surface area contributed by atoms with Gasteiger partial charge in [-0.2, -0.15) is 0 Å². The Morgan fingerprint density at radius 1 is 1.50 bits per heavy atom. The van der Waals surface area contributed by atoms with Crippen molar-refractivity contribution in [3.05, 3.63) is 28.3 Å². The summed E-state index contributed by atoms with van der Waals surface area (Å²) >= 11 is 7.23. The zero-order valence-electron chi connectivity index (χ0n) is 10.4. The van der Waals surface area contributed by atoms with Crippen LogP contribution in [0.1, 0.15) is 20.3 Å². The molecule has 0 bridgehead atoms. The number of thioether (sulfide) groups is 1. The normalized spacial score (nSPS) is 10.7. The Hall–Kier alpha value is -0.940. The van der Waals surface area contributed by atoms with E-state index < -0.39 is 4.92 Å². The molecule has 1 aromatic rings. The Kier molecular flexibility index (Phi) is 6.29. The topological polar surface area (TPSA) is 52.4 Å². The largest absolute Gasteiger partial charge is 0.484 e. The highest BCUT2D eigenvalue weighted by molar-refractivity contribution is 7.99. The van der Waals surface area contributed by atoms with E-state index in [4.69, 9.17) is 16.3 Å². The maximum absolute atomic E-state index is 10.9. The van der Waals surface area contributed by atoms with Crippen LogP contribution in [0.3, 0.4) is 0 Å². The van der Waals surface area contributed by atoms with Crippen molar-refractivity contribution in [2.45, 2.75) is 31.3 Å². The van der Waals surface area contributed by atoms with Crippen LogP contribution in [0.25, 0.3) is 0 Å². The average molecular weight is 290 g/mol. The van der Waals surface area contributed by atoms with Crippen molar-refractivity contribution < 1.29 is 9.66 Å². The van der Waals surface area contributed by atoms with Crippen molar-refractivity contribution in [2.24, 2.45) is 0 Å². The molecule has 0 fully saturated rings. The van der Waals surface area contributed by atoms with Gasteiger partial charge in [0.15, 0.2) is 5.75 Å². The van der Waals surface area contributed by atoms with Gasteiger partial charge in [-0.3, -0.25) is 10.1 Å². The van der Waals surface area contributed by atoms with Crippen molar-refractivity contribution in [1.29, 1.82) is 0 Å². The molecule has 0 aromatic heterocycles. The van der Waals surface area contributed by atoms with Crippen molar-refractivity contribution in [2.75, 3.05) is 11.6 Å². The van der Waals surface area contributed by atoms with E-state index in [1.165, 1.54) is 6.07 Å². The van der Waals surface area contributed by atoms with E-state index in [1.54, 1.807) is 23.9 Å². The minimum atomic E-state index is -0.426. The Bertz CT molecular complexity index is 412. The molecular weight excluding hydrogens is 274 g/mol. The van der Waals surface area contributed by atoms with Crippen LogP contribution < -0.4 is 4.74 Å². The number of nitro groups is 1. The summed E-state index contributed by atoms with van der Waals surface area (Å²) in [5.74, 6) is 1.84. The smallest absolute Gasteiger partial charge is 0.311 e. The molecule has 0 atom stereocenters. The number of alkyl halides is 1. The van der Waals surface area contributed by atoms with Gasteiger partial charge in [-0.05, 0) is 32.1 Å². The first-order valence-corrected chi connectivity index (χ1v) is 7.20. The number of hydrogen-bond donors (Lipinski definition) is 0. The Labute approximate surface area is 116 Å². The Morgan fingerprint density at radius 2 is 2.22 bits per heavy atom. The number of nitrogens with zero attached hydrogens (tertiary/aromatic N) is 1. The van der Waals surface area contributed by atoms with Crippen LogP contribution in [-0.4, -0.2) is 22.7 Å². The summed E-state index contributed by atoms with van der Waals surface area (Å²) in [5, 5.41) is 10.9. The first-order valence-electron chi connectivity index (χ1n) is 5.68. The van der Waals surface area contributed by atoms with E-state index in [-0.39, 0.29) is 11.8 Å². The molecular formula is C12H16ClNO3S. The lowest BCUT2D eigenvalue weighted by atomic mass is 10.3. The predicted octanol–water partition coefficient (Wildman–Crippen LogP) is 4.10. The summed E-state index contributed by atoms with van der Waals surface area (Å²) in [5.41, 5.74) is 0.00499.